The number of hydrogen-bond acceptors (Lipinski definition) is 5. The fraction of sp³-hybridized carbons (Fsp3) is 0. The quantitative estimate of drug-likeness (QED) is 0.260. The second kappa shape index (κ2) is 11.9. The molecule has 3 rings (SSSR count). The maximum absolute atomic E-state index is 11.5. The molecule has 0 saturated carbocycles. The molecular formula is C23H17ClO5. The van der Waals surface area contributed by atoms with Gasteiger partial charge in [0.15, 0.2) is 0 Å². The summed E-state index contributed by atoms with van der Waals surface area (Å²) < 4.78 is 0. The molecule has 3 aromatic rings. The summed E-state index contributed by atoms with van der Waals surface area (Å²) in [6, 6.07) is 26.1. The van der Waals surface area contributed by atoms with Gasteiger partial charge in [0.2, 0.25) is 5.24 Å². The highest BCUT2D eigenvalue weighted by atomic mass is 35.5. The first kappa shape index (κ1) is 21.6. The summed E-state index contributed by atoms with van der Waals surface area (Å²) in [5.41, 5.74) is 1.61. The van der Waals surface area contributed by atoms with E-state index in [0.29, 0.717) is 11.1 Å². The molecule has 0 aromatic heterocycles. The molecule has 0 atom stereocenters. The van der Waals surface area contributed by atoms with Crippen LogP contribution in [0, 0.1) is 0 Å². The zero-order valence-electron chi connectivity index (χ0n) is 15.2. The van der Waals surface area contributed by atoms with Crippen LogP contribution in [0.1, 0.15) is 26.3 Å². The maximum Gasteiger partial charge on any atom is 0.386 e. The monoisotopic (exact) mass is 408 g/mol. The van der Waals surface area contributed by atoms with Crippen LogP contribution in [0.5, 0.6) is 0 Å². The fourth-order valence-corrected chi connectivity index (χ4v) is 2.11. The molecule has 0 bridgehead atoms. The van der Waals surface area contributed by atoms with Gasteiger partial charge >= 0.3 is 11.9 Å². The third kappa shape index (κ3) is 8.24. The third-order valence-electron chi connectivity index (χ3n) is 3.42. The molecule has 0 spiro atoms. The largest absolute Gasteiger partial charge is 0.386 e. The van der Waals surface area contributed by atoms with Gasteiger partial charge in [-0.1, -0.05) is 72.8 Å². The van der Waals surface area contributed by atoms with Crippen LogP contribution < -0.4 is 0 Å². The Labute approximate surface area is 173 Å². The van der Waals surface area contributed by atoms with E-state index in [2.05, 4.69) is 9.78 Å². The Bertz CT molecular complexity index is 903. The molecule has 0 aliphatic rings. The van der Waals surface area contributed by atoms with Crippen molar-refractivity contribution in [3.63, 3.8) is 0 Å². The zero-order valence-corrected chi connectivity index (χ0v) is 16.0. The van der Waals surface area contributed by atoms with E-state index in [4.69, 9.17) is 11.6 Å². The number of halogens is 1. The Balaban J connectivity index is 0.000000234. The van der Waals surface area contributed by atoms with Crippen LogP contribution in [-0.4, -0.2) is 17.2 Å². The number of benzene rings is 3. The number of allylic oxidation sites excluding steroid dienone is 1. The van der Waals surface area contributed by atoms with Crippen LogP contribution in [0.15, 0.2) is 97.1 Å². The van der Waals surface area contributed by atoms with Crippen molar-refractivity contribution in [3.05, 3.63) is 114 Å². The molecule has 0 aliphatic heterocycles. The molecule has 0 heterocycles. The lowest BCUT2D eigenvalue weighted by molar-refractivity contribution is -0.187. The number of carbonyl (C=O) groups excluding carboxylic acids is 3. The SMILES string of the molecule is O=C(Cl)/C=C/c1ccccc1.O=C(OOC(=O)c1ccccc1)c1ccccc1. The van der Waals surface area contributed by atoms with Gasteiger partial charge in [0, 0.05) is 0 Å². The highest BCUT2D eigenvalue weighted by Crippen LogP contribution is 2.05. The van der Waals surface area contributed by atoms with E-state index < -0.39 is 17.2 Å². The summed E-state index contributed by atoms with van der Waals surface area (Å²) >= 11 is 5.10. The predicted octanol–water partition coefficient (Wildman–Crippen LogP) is 5.08. The first-order valence-electron chi connectivity index (χ1n) is 8.52. The van der Waals surface area contributed by atoms with E-state index in [9.17, 15) is 14.4 Å². The van der Waals surface area contributed by atoms with Crippen LogP contribution in [0.25, 0.3) is 6.08 Å². The number of rotatable bonds is 4. The molecule has 0 aliphatic carbocycles. The molecule has 0 saturated heterocycles. The van der Waals surface area contributed by atoms with Gasteiger partial charge in [-0.3, -0.25) is 4.79 Å². The zero-order chi connectivity index (χ0) is 20.9. The molecule has 0 fully saturated rings. The van der Waals surface area contributed by atoms with Crippen molar-refractivity contribution in [3.8, 4) is 0 Å². The average molecular weight is 409 g/mol. The Morgan fingerprint density at radius 2 is 1.00 bits per heavy atom. The fourth-order valence-electron chi connectivity index (χ4n) is 2.05. The van der Waals surface area contributed by atoms with Crippen molar-refractivity contribution in [2.75, 3.05) is 0 Å². The van der Waals surface area contributed by atoms with E-state index in [1.54, 1.807) is 66.7 Å². The number of hydrogen-bond donors (Lipinski definition) is 0. The van der Waals surface area contributed by atoms with E-state index >= 15 is 0 Å². The molecule has 3 aromatic carbocycles. The molecule has 29 heavy (non-hydrogen) atoms. The minimum atomic E-state index is -0.708. The Hall–Kier alpha value is -3.70. The normalized spacial score (nSPS) is 9.83. The van der Waals surface area contributed by atoms with Gasteiger partial charge in [-0.2, -0.15) is 0 Å². The molecule has 0 amide bonds. The van der Waals surface area contributed by atoms with Crippen molar-refractivity contribution in [2.45, 2.75) is 0 Å². The van der Waals surface area contributed by atoms with E-state index in [0.717, 1.165) is 5.56 Å². The second-order valence-electron chi connectivity index (χ2n) is 5.52. The lowest BCUT2D eigenvalue weighted by Gasteiger charge is -2.02. The van der Waals surface area contributed by atoms with Gasteiger partial charge in [0.05, 0.1) is 11.1 Å². The van der Waals surface area contributed by atoms with Gasteiger partial charge in [-0.05, 0) is 47.5 Å². The summed E-state index contributed by atoms with van der Waals surface area (Å²) in [5, 5.41) is -0.450. The van der Waals surface area contributed by atoms with Crippen LogP contribution in [0.3, 0.4) is 0 Å². The minimum absolute atomic E-state index is 0.318. The third-order valence-corrected chi connectivity index (χ3v) is 3.54. The average Bonchev–Trinajstić information content (AvgIpc) is 2.78. The van der Waals surface area contributed by atoms with E-state index in [1.807, 2.05) is 30.3 Å². The summed E-state index contributed by atoms with van der Waals surface area (Å²) in [4.78, 5) is 42.2. The van der Waals surface area contributed by atoms with Gasteiger partial charge < -0.3 is 0 Å². The van der Waals surface area contributed by atoms with Gasteiger partial charge in [-0.15, -0.1) is 0 Å². The number of carbonyl (C=O) groups is 3. The maximum atomic E-state index is 11.5. The first-order chi connectivity index (χ1) is 14.1. The summed E-state index contributed by atoms with van der Waals surface area (Å²) in [7, 11) is 0. The van der Waals surface area contributed by atoms with Crippen LogP contribution in [0.4, 0.5) is 0 Å². The standard InChI is InChI=1S/C14H10O4.C9H7ClO/c15-13(11-7-3-1-4-8-11)17-18-14(16)12-9-5-2-6-10-12;10-9(11)7-6-8-4-2-1-3-5-8/h1-10H;1-7H/b;7-6+. The van der Waals surface area contributed by atoms with E-state index in [1.165, 1.54) is 6.08 Å². The minimum Gasteiger partial charge on any atom is -0.276 e. The smallest absolute Gasteiger partial charge is 0.276 e. The van der Waals surface area contributed by atoms with Crippen LogP contribution in [-0.2, 0) is 14.6 Å². The van der Waals surface area contributed by atoms with Crippen LogP contribution >= 0.6 is 11.6 Å². The van der Waals surface area contributed by atoms with Crippen molar-refractivity contribution >= 4 is 34.9 Å². The van der Waals surface area contributed by atoms with Crippen molar-refractivity contribution in [1.82, 2.24) is 0 Å². The molecule has 146 valence electrons. The second-order valence-corrected chi connectivity index (χ2v) is 5.89. The van der Waals surface area contributed by atoms with Gasteiger partial charge in [0.25, 0.3) is 0 Å². The lowest BCUT2D eigenvalue weighted by Crippen LogP contribution is -2.11. The molecule has 6 heteroatoms. The lowest BCUT2D eigenvalue weighted by atomic mass is 10.2. The van der Waals surface area contributed by atoms with Gasteiger partial charge in [0.1, 0.15) is 0 Å². The van der Waals surface area contributed by atoms with E-state index in [-0.39, 0.29) is 0 Å². The van der Waals surface area contributed by atoms with Crippen molar-refractivity contribution in [2.24, 2.45) is 0 Å². The molecular weight excluding hydrogens is 392 g/mol. The highest BCUT2D eigenvalue weighted by molar-refractivity contribution is 6.66. The van der Waals surface area contributed by atoms with Crippen LogP contribution in [0.2, 0.25) is 0 Å². The molecule has 0 N–H and O–H groups in total. The molecule has 5 nitrogen and oxygen atoms in total. The highest BCUT2D eigenvalue weighted by Gasteiger charge is 2.12. The summed E-state index contributed by atoms with van der Waals surface area (Å²) in [6.45, 7) is 0. The first-order valence-corrected chi connectivity index (χ1v) is 8.90. The molecule has 0 unspecified atom stereocenters. The summed E-state index contributed by atoms with van der Waals surface area (Å²) in [5.74, 6) is -1.42. The molecule has 0 radical (unpaired) electrons. The Morgan fingerprint density at radius 3 is 1.38 bits per heavy atom. The van der Waals surface area contributed by atoms with Crippen molar-refractivity contribution < 1.29 is 24.2 Å². The van der Waals surface area contributed by atoms with Crippen molar-refractivity contribution in [1.29, 1.82) is 0 Å². The topological polar surface area (TPSA) is 69.7 Å². The Kier molecular flexibility index (Phi) is 8.86. The predicted molar refractivity (Wildman–Crippen MR) is 110 cm³/mol. The summed E-state index contributed by atoms with van der Waals surface area (Å²) in [6.07, 6.45) is 3.01. The Morgan fingerprint density at radius 1 is 0.621 bits per heavy atom. The van der Waals surface area contributed by atoms with Gasteiger partial charge in [-0.25, -0.2) is 19.4 Å².